The van der Waals surface area contributed by atoms with E-state index in [1.807, 2.05) is 6.20 Å². The molecule has 0 aliphatic heterocycles. The summed E-state index contributed by atoms with van der Waals surface area (Å²) in [6.07, 6.45) is 1.90. The van der Waals surface area contributed by atoms with E-state index in [0.29, 0.717) is 6.54 Å². The van der Waals surface area contributed by atoms with Crippen LogP contribution in [-0.4, -0.2) is 4.98 Å². The molecule has 3 rings (SSSR count). The summed E-state index contributed by atoms with van der Waals surface area (Å²) < 4.78 is 1.18. The third-order valence-electron chi connectivity index (χ3n) is 3.14. The van der Waals surface area contributed by atoms with Crippen molar-refractivity contribution in [3.05, 3.63) is 65.3 Å². The summed E-state index contributed by atoms with van der Waals surface area (Å²) in [6, 6.07) is 17.2. The fourth-order valence-electron chi connectivity index (χ4n) is 2.04. The minimum Gasteiger partial charge on any atom is -0.325 e. The number of benzene rings is 2. The Hall–Kier alpha value is -1.62. The molecule has 2 N–H and O–H groups in total. The molecule has 4 heteroatoms. The Morgan fingerprint density at radius 1 is 1.10 bits per heavy atom. The van der Waals surface area contributed by atoms with Crippen molar-refractivity contribution in [2.45, 2.75) is 22.6 Å². The summed E-state index contributed by atoms with van der Waals surface area (Å²) in [4.78, 5) is 5.52. The van der Waals surface area contributed by atoms with Crippen LogP contribution in [0.25, 0.3) is 11.1 Å². The summed E-state index contributed by atoms with van der Waals surface area (Å²) in [5, 5.41) is 0.979. The predicted octanol–water partition coefficient (Wildman–Crippen LogP) is 4.73. The molecule has 0 saturated carbocycles. The van der Waals surface area contributed by atoms with E-state index in [1.54, 1.807) is 23.1 Å². The lowest BCUT2D eigenvalue weighted by atomic mass is 10.0. The first-order chi connectivity index (χ1) is 10.2. The molecule has 1 aromatic heterocycles. The number of rotatable bonds is 4. The van der Waals surface area contributed by atoms with E-state index in [4.69, 9.17) is 5.73 Å². The van der Waals surface area contributed by atoms with Gasteiger partial charge in [0.1, 0.15) is 5.01 Å². The molecule has 1 heterocycles. The van der Waals surface area contributed by atoms with Gasteiger partial charge in [0.15, 0.2) is 0 Å². The number of hydrogen-bond acceptors (Lipinski definition) is 4. The van der Waals surface area contributed by atoms with Crippen LogP contribution in [0, 0.1) is 6.92 Å². The van der Waals surface area contributed by atoms with Crippen LogP contribution in [0.1, 0.15) is 10.6 Å². The van der Waals surface area contributed by atoms with Crippen LogP contribution in [0.2, 0.25) is 0 Å². The molecule has 2 aromatic carbocycles. The Kier molecular flexibility index (Phi) is 4.39. The molecule has 0 aliphatic carbocycles. The Morgan fingerprint density at radius 2 is 1.90 bits per heavy atom. The number of hydrogen-bond donors (Lipinski definition) is 1. The minimum absolute atomic E-state index is 0.509. The normalized spacial score (nSPS) is 10.8. The lowest BCUT2D eigenvalue weighted by Crippen LogP contribution is -1.93. The summed E-state index contributed by atoms with van der Waals surface area (Å²) in [6.45, 7) is 2.61. The van der Waals surface area contributed by atoms with Gasteiger partial charge in [0.2, 0.25) is 0 Å². The zero-order valence-corrected chi connectivity index (χ0v) is 13.4. The molecule has 0 fully saturated rings. The topological polar surface area (TPSA) is 38.9 Å². The number of aromatic nitrogens is 1. The van der Waals surface area contributed by atoms with Crippen LogP contribution >= 0.6 is 23.1 Å². The molecule has 0 spiro atoms. The molecule has 0 amide bonds. The van der Waals surface area contributed by atoms with E-state index >= 15 is 0 Å². The summed E-state index contributed by atoms with van der Waals surface area (Å²) in [5.74, 6) is 0. The van der Waals surface area contributed by atoms with E-state index in [1.165, 1.54) is 25.8 Å². The Morgan fingerprint density at radius 3 is 2.62 bits per heavy atom. The van der Waals surface area contributed by atoms with Crippen molar-refractivity contribution in [1.82, 2.24) is 4.98 Å². The molecule has 3 aromatic rings. The largest absolute Gasteiger partial charge is 0.325 e. The fraction of sp³-hybridized carbons (Fsp3) is 0.118. The van der Waals surface area contributed by atoms with E-state index in [-0.39, 0.29) is 0 Å². The molecule has 2 nitrogen and oxygen atoms in total. The van der Waals surface area contributed by atoms with Crippen molar-refractivity contribution in [2.75, 3.05) is 0 Å². The van der Waals surface area contributed by atoms with Gasteiger partial charge in [-0.1, -0.05) is 53.7 Å². The first-order valence-electron chi connectivity index (χ1n) is 6.74. The van der Waals surface area contributed by atoms with E-state index < -0.39 is 0 Å². The van der Waals surface area contributed by atoms with Crippen LogP contribution in [0.3, 0.4) is 0 Å². The summed E-state index contributed by atoms with van der Waals surface area (Å²) in [5.41, 5.74) is 9.37. The Balaban J connectivity index is 1.84. The lowest BCUT2D eigenvalue weighted by molar-refractivity contribution is 1.04. The van der Waals surface area contributed by atoms with Gasteiger partial charge < -0.3 is 5.73 Å². The maximum absolute atomic E-state index is 5.61. The molecule has 0 bridgehead atoms. The molecular formula is C17H16N2S2. The third kappa shape index (κ3) is 3.53. The highest BCUT2D eigenvalue weighted by Crippen LogP contribution is 2.34. The van der Waals surface area contributed by atoms with Crippen LogP contribution < -0.4 is 5.73 Å². The third-order valence-corrected chi connectivity index (χ3v) is 5.25. The minimum atomic E-state index is 0.509. The van der Waals surface area contributed by atoms with Crippen molar-refractivity contribution < 1.29 is 0 Å². The van der Waals surface area contributed by atoms with Gasteiger partial charge in [-0.05, 0) is 30.2 Å². The van der Waals surface area contributed by atoms with Crippen molar-refractivity contribution in [1.29, 1.82) is 0 Å². The van der Waals surface area contributed by atoms with Crippen molar-refractivity contribution in [3.63, 3.8) is 0 Å². The highest BCUT2D eigenvalue weighted by molar-refractivity contribution is 8.01. The molecular weight excluding hydrogens is 296 g/mol. The van der Waals surface area contributed by atoms with E-state index in [0.717, 1.165) is 5.01 Å². The predicted molar refractivity (Wildman–Crippen MR) is 90.7 cm³/mol. The van der Waals surface area contributed by atoms with E-state index in [9.17, 15) is 0 Å². The Bertz CT molecular complexity index is 733. The Labute approximate surface area is 133 Å². The highest BCUT2D eigenvalue weighted by Gasteiger charge is 2.04. The maximum Gasteiger partial charge on any atom is 0.107 e. The standard InChI is InChI=1S/C17H16N2S2/c1-12-5-7-13(8-6-12)14-3-2-4-15(9-14)20-17-11-19-16(10-18)21-17/h2-9,11H,10,18H2,1H3. The highest BCUT2D eigenvalue weighted by atomic mass is 32.2. The van der Waals surface area contributed by atoms with Crippen molar-refractivity contribution in [2.24, 2.45) is 5.73 Å². The van der Waals surface area contributed by atoms with Crippen molar-refractivity contribution in [3.8, 4) is 11.1 Å². The van der Waals surface area contributed by atoms with Gasteiger partial charge in [-0.15, -0.1) is 11.3 Å². The van der Waals surface area contributed by atoms with Gasteiger partial charge >= 0.3 is 0 Å². The van der Waals surface area contributed by atoms with Gasteiger partial charge in [0.25, 0.3) is 0 Å². The number of nitrogens with zero attached hydrogens (tertiary/aromatic N) is 1. The van der Waals surface area contributed by atoms with Gasteiger partial charge in [-0.25, -0.2) is 4.98 Å². The van der Waals surface area contributed by atoms with Crippen LogP contribution in [-0.2, 0) is 6.54 Å². The monoisotopic (exact) mass is 312 g/mol. The quantitative estimate of drug-likeness (QED) is 0.757. The maximum atomic E-state index is 5.61. The molecule has 0 atom stereocenters. The van der Waals surface area contributed by atoms with Gasteiger partial charge in [-0.2, -0.15) is 0 Å². The average molecular weight is 312 g/mol. The van der Waals surface area contributed by atoms with Crippen molar-refractivity contribution >= 4 is 23.1 Å². The van der Waals surface area contributed by atoms with Gasteiger partial charge in [0.05, 0.1) is 10.4 Å². The SMILES string of the molecule is Cc1ccc(-c2cccc(Sc3cnc(CN)s3)c2)cc1. The number of thiazole rings is 1. The smallest absolute Gasteiger partial charge is 0.107 e. The van der Waals surface area contributed by atoms with Crippen LogP contribution in [0.15, 0.2) is 63.8 Å². The van der Waals surface area contributed by atoms with Gasteiger partial charge in [-0.3, -0.25) is 0 Å². The molecule has 0 radical (unpaired) electrons. The fourth-order valence-corrected chi connectivity index (χ4v) is 3.98. The van der Waals surface area contributed by atoms with Crippen LogP contribution in [0.5, 0.6) is 0 Å². The first kappa shape index (κ1) is 14.3. The zero-order valence-electron chi connectivity index (χ0n) is 11.7. The molecule has 21 heavy (non-hydrogen) atoms. The number of nitrogens with two attached hydrogens (primary N) is 1. The molecule has 0 saturated heterocycles. The van der Waals surface area contributed by atoms with Gasteiger partial charge in [0, 0.05) is 11.4 Å². The molecule has 0 aliphatic rings. The van der Waals surface area contributed by atoms with Crippen LogP contribution in [0.4, 0.5) is 0 Å². The molecule has 0 unspecified atom stereocenters. The molecule has 106 valence electrons. The summed E-state index contributed by atoms with van der Waals surface area (Å²) in [7, 11) is 0. The second-order valence-corrected chi connectivity index (χ2v) is 7.26. The first-order valence-corrected chi connectivity index (χ1v) is 8.37. The lowest BCUT2D eigenvalue weighted by Gasteiger charge is -2.05. The number of aryl methyl sites for hydroxylation is 1. The zero-order chi connectivity index (χ0) is 14.7. The average Bonchev–Trinajstić information content (AvgIpc) is 2.96. The van der Waals surface area contributed by atoms with E-state index in [2.05, 4.69) is 60.4 Å². The second-order valence-electron chi connectivity index (χ2n) is 4.77. The second kappa shape index (κ2) is 6.43. The summed E-state index contributed by atoms with van der Waals surface area (Å²) >= 11 is 3.39.